The number of ether oxygens (including phenoxy) is 1. The highest BCUT2D eigenvalue weighted by molar-refractivity contribution is 5.91. The Bertz CT molecular complexity index is 399. The van der Waals surface area contributed by atoms with Crippen LogP contribution in [0.5, 0.6) is 5.75 Å². The van der Waals surface area contributed by atoms with Gasteiger partial charge in [0.1, 0.15) is 5.75 Å². The minimum Gasteiger partial charge on any atom is -0.497 e. The molecule has 1 atom stereocenters. The van der Waals surface area contributed by atoms with Gasteiger partial charge in [-0.1, -0.05) is 12.1 Å². The third-order valence-corrected chi connectivity index (χ3v) is 2.09. The lowest BCUT2D eigenvalue weighted by Crippen LogP contribution is -2.28. The molecule has 0 aromatic heterocycles. The van der Waals surface area contributed by atoms with Crippen LogP contribution >= 0.6 is 0 Å². The van der Waals surface area contributed by atoms with Gasteiger partial charge in [-0.3, -0.25) is 4.79 Å². The maximum Gasteiger partial charge on any atom is 0.244 e. The largest absolute Gasteiger partial charge is 0.497 e. The van der Waals surface area contributed by atoms with Gasteiger partial charge in [-0.05, 0) is 30.7 Å². The number of carbonyl (C=O) groups excluding carboxylic acids is 1. The first kappa shape index (κ1) is 13.3. The highest BCUT2D eigenvalue weighted by Crippen LogP contribution is 2.13. The number of aliphatic hydroxyl groups is 1. The van der Waals surface area contributed by atoms with Gasteiger partial charge in [-0.25, -0.2) is 0 Å². The van der Waals surface area contributed by atoms with Crippen LogP contribution in [-0.2, 0) is 4.79 Å². The standard InChI is InChI=1S/C13H17NO3/c1-10(15)9-14-13(16)7-6-11-4-3-5-12(8-11)17-2/h3-8,10,15H,9H2,1-2H3,(H,14,16)/b7-6+/t10-/m0/s1. The zero-order chi connectivity index (χ0) is 12.7. The number of hydrogen-bond donors (Lipinski definition) is 2. The summed E-state index contributed by atoms with van der Waals surface area (Å²) in [5, 5.41) is 11.6. The molecule has 17 heavy (non-hydrogen) atoms. The van der Waals surface area contributed by atoms with Crippen LogP contribution in [0.3, 0.4) is 0 Å². The predicted octanol–water partition coefficient (Wildman–Crippen LogP) is 1.21. The molecule has 92 valence electrons. The van der Waals surface area contributed by atoms with Crippen molar-refractivity contribution in [1.82, 2.24) is 5.32 Å². The average Bonchev–Trinajstić information content (AvgIpc) is 2.34. The van der Waals surface area contributed by atoms with E-state index >= 15 is 0 Å². The summed E-state index contributed by atoms with van der Waals surface area (Å²) in [6.45, 7) is 1.87. The SMILES string of the molecule is COc1cccc(/C=C/C(=O)NC[C@H](C)O)c1. The van der Waals surface area contributed by atoms with Crippen LogP contribution in [0.2, 0.25) is 0 Å². The third kappa shape index (κ3) is 5.17. The molecule has 0 radical (unpaired) electrons. The summed E-state index contributed by atoms with van der Waals surface area (Å²) in [6, 6.07) is 7.40. The van der Waals surface area contributed by atoms with Crippen molar-refractivity contribution in [3.8, 4) is 5.75 Å². The van der Waals surface area contributed by atoms with E-state index in [1.807, 2.05) is 24.3 Å². The summed E-state index contributed by atoms with van der Waals surface area (Å²) in [7, 11) is 1.60. The Morgan fingerprint density at radius 1 is 1.59 bits per heavy atom. The molecular formula is C13H17NO3. The van der Waals surface area contributed by atoms with Crippen LogP contribution in [0, 0.1) is 0 Å². The summed E-state index contributed by atoms with van der Waals surface area (Å²) in [6.07, 6.45) is 2.58. The number of carbonyl (C=O) groups is 1. The molecule has 0 spiro atoms. The number of aliphatic hydroxyl groups excluding tert-OH is 1. The Labute approximate surface area is 101 Å². The van der Waals surface area contributed by atoms with Crippen molar-refractivity contribution in [3.63, 3.8) is 0 Å². The highest BCUT2D eigenvalue weighted by Gasteiger charge is 1.98. The summed E-state index contributed by atoms with van der Waals surface area (Å²) in [5.74, 6) is 0.519. The van der Waals surface area contributed by atoms with E-state index in [0.717, 1.165) is 11.3 Å². The van der Waals surface area contributed by atoms with Crippen molar-refractivity contribution in [1.29, 1.82) is 0 Å². The zero-order valence-corrected chi connectivity index (χ0v) is 10.0. The van der Waals surface area contributed by atoms with Crippen LogP contribution in [0.4, 0.5) is 0 Å². The highest BCUT2D eigenvalue weighted by atomic mass is 16.5. The first-order chi connectivity index (χ1) is 8.11. The molecule has 1 rings (SSSR count). The molecule has 0 aliphatic heterocycles. The lowest BCUT2D eigenvalue weighted by Gasteiger charge is -2.04. The van der Waals surface area contributed by atoms with E-state index in [4.69, 9.17) is 9.84 Å². The van der Waals surface area contributed by atoms with Crippen molar-refractivity contribution in [2.45, 2.75) is 13.0 Å². The first-order valence-electron chi connectivity index (χ1n) is 5.40. The van der Waals surface area contributed by atoms with Gasteiger partial charge in [0.05, 0.1) is 13.2 Å². The van der Waals surface area contributed by atoms with E-state index in [-0.39, 0.29) is 12.5 Å². The zero-order valence-electron chi connectivity index (χ0n) is 10.0. The first-order valence-corrected chi connectivity index (χ1v) is 5.40. The molecule has 2 N–H and O–H groups in total. The van der Waals surface area contributed by atoms with Crippen molar-refractivity contribution >= 4 is 12.0 Å². The van der Waals surface area contributed by atoms with Gasteiger partial charge in [-0.15, -0.1) is 0 Å². The molecule has 4 nitrogen and oxygen atoms in total. The third-order valence-electron chi connectivity index (χ3n) is 2.09. The number of benzene rings is 1. The fourth-order valence-corrected chi connectivity index (χ4v) is 1.22. The van der Waals surface area contributed by atoms with Crippen molar-refractivity contribution < 1.29 is 14.6 Å². The average molecular weight is 235 g/mol. The molecule has 1 aromatic rings. The molecule has 0 saturated heterocycles. The summed E-state index contributed by atoms with van der Waals surface area (Å²) >= 11 is 0. The van der Waals surface area contributed by atoms with Crippen LogP contribution in [0.25, 0.3) is 6.08 Å². The van der Waals surface area contributed by atoms with Gasteiger partial charge in [0.25, 0.3) is 0 Å². The number of rotatable bonds is 5. The van der Waals surface area contributed by atoms with E-state index in [1.54, 1.807) is 20.1 Å². The van der Waals surface area contributed by atoms with Gasteiger partial charge < -0.3 is 15.2 Å². The van der Waals surface area contributed by atoms with Crippen LogP contribution in [0.1, 0.15) is 12.5 Å². The molecule has 1 amide bonds. The monoisotopic (exact) mass is 235 g/mol. The molecule has 4 heteroatoms. The molecule has 0 bridgehead atoms. The minimum atomic E-state index is -0.538. The van der Waals surface area contributed by atoms with Gasteiger partial charge in [0, 0.05) is 12.6 Å². The second-order valence-electron chi connectivity index (χ2n) is 3.70. The second kappa shape index (κ2) is 6.70. The lowest BCUT2D eigenvalue weighted by atomic mass is 10.2. The lowest BCUT2D eigenvalue weighted by molar-refractivity contribution is -0.116. The summed E-state index contributed by atoms with van der Waals surface area (Å²) in [5.41, 5.74) is 0.886. The van der Waals surface area contributed by atoms with Gasteiger partial charge in [0.2, 0.25) is 5.91 Å². The van der Waals surface area contributed by atoms with Crippen LogP contribution in [-0.4, -0.2) is 30.8 Å². The van der Waals surface area contributed by atoms with E-state index in [1.165, 1.54) is 6.08 Å². The van der Waals surface area contributed by atoms with Gasteiger partial charge >= 0.3 is 0 Å². The van der Waals surface area contributed by atoms with Crippen molar-refractivity contribution in [3.05, 3.63) is 35.9 Å². The smallest absolute Gasteiger partial charge is 0.244 e. The van der Waals surface area contributed by atoms with E-state index < -0.39 is 6.10 Å². The van der Waals surface area contributed by atoms with E-state index in [2.05, 4.69) is 5.32 Å². The maximum absolute atomic E-state index is 11.3. The Balaban J connectivity index is 2.54. The molecule has 0 aliphatic rings. The fourth-order valence-electron chi connectivity index (χ4n) is 1.22. The molecule has 0 heterocycles. The predicted molar refractivity (Wildman–Crippen MR) is 66.7 cm³/mol. The second-order valence-corrected chi connectivity index (χ2v) is 3.70. The molecule has 0 saturated carbocycles. The molecule has 0 fully saturated rings. The topological polar surface area (TPSA) is 58.6 Å². The quantitative estimate of drug-likeness (QED) is 0.754. The van der Waals surface area contributed by atoms with E-state index in [9.17, 15) is 4.79 Å². The molecule has 0 unspecified atom stereocenters. The fraction of sp³-hybridized carbons (Fsp3) is 0.308. The maximum atomic E-state index is 11.3. The molecular weight excluding hydrogens is 218 g/mol. The Hall–Kier alpha value is -1.81. The van der Waals surface area contributed by atoms with Crippen molar-refractivity contribution in [2.75, 3.05) is 13.7 Å². The van der Waals surface area contributed by atoms with Gasteiger partial charge in [-0.2, -0.15) is 0 Å². The number of amides is 1. The molecule has 1 aromatic carbocycles. The number of hydrogen-bond acceptors (Lipinski definition) is 3. The number of nitrogens with one attached hydrogen (secondary N) is 1. The summed E-state index contributed by atoms with van der Waals surface area (Å²) in [4.78, 5) is 11.3. The van der Waals surface area contributed by atoms with Gasteiger partial charge in [0.15, 0.2) is 0 Å². The van der Waals surface area contributed by atoms with Crippen LogP contribution < -0.4 is 10.1 Å². The van der Waals surface area contributed by atoms with Crippen molar-refractivity contribution in [2.24, 2.45) is 0 Å². The summed E-state index contributed by atoms with van der Waals surface area (Å²) < 4.78 is 5.07. The van der Waals surface area contributed by atoms with E-state index in [0.29, 0.717) is 0 Å². The number of methoxy groups -OCH3 is 1. The Kier molecular flexibility index (Phi) is 5.23. The Morgan fingerprint density at radius 3 is 3.00 bits per heavy atom. The Morgan fingerprint density at radius 2 is 2.35 bits per heavy atom. The normalized spacial score (nSPS) is 12.4. The van der Waals surface area contributed by atoms with Crippen LogP contribution in [0.15, 0.2) is 30.3 Å². The minimum absolute atomic E-state index is 0.228. The molecule has 0 aliphatic carbocycles.